The molecule has 2 aromatic rings. The van der Waals surface area contributed by atoms with Gasteiger partial charge in [0.25, 0.3) is 0 Å². The van der Waals surface area contributed by atoms with E-state index in [-0.39, 0.29) is 5.41 Å². The zero-order valence-electron chi connectivity index (χ0n) is 15.5. The fraction of sp³-hybridized carbons (Fsp3) is 0.478. The number of phenolic OH excluding ortho intramolecular Hbond substituents is 1. The molecule has 0 bridgehead atoms. The van der Waals surface area contributed by atoms with E-state index in [0.717, 1.165) is 5.56 Å². The molecule has 1 N–H and O–H groups in total. The van der Waals surface area contributed by atoms with Gasteiger partial charge in [-0.25, -0.2) is 8.78 Å². The maximum Gasteiger partial charge on any atom is 0.187 e. The van der Waals surface area contributed by atoms with Crippen molar-refractivity contribution in [1.82, 2.24) is 0 Å². The van der Waals surface area contributed by atoms with Crippen molar-refractivity contribution in [2.75, 3.05) is 0 Å². The number of halogens is 2. The number of benzene rings is 2. The van der Waals surface area contributed by atoms with Gasteiger partial charge in [-0.1, -0.05) is 69.7 Å². The first-order chi connectivity index (χ1) is 12.6. The molecule has 0 radical (unpaired) electrons. The van der Waals surface area contributed by atoms with Crippen molar-refractivity contribution >= 4 is 0 Å². The Balaban J connectivity index is 1.87. The second-order valence-electron chi connectivity index (χ2n) is 7.66. The van der Waals surface area contributed by atoms with Crippen LogP contribution in [-0.2, 0) is 5.41 Å². The first-order valence-electron chi connectivity index (χ1n) is 9.85. The number of unbranched alkanes of at least 4 members (excludes halogenated alkanes) is 2. The van der Waals surface area contributed by atoms with Gasteiger partial charge in [0.1, 0.15) is 0 Å². The molecule has 3 heteroatoms. The second-order valence-corrected chi connectivity index (χ2v) is 7.66. The Morgan fingerprint density at radius 3 is 2.08 bits per heavy atom. The summed E-state index contributed by atoms with van der Waals surface area (Å²) in [7, 11) is 0. The highest BCUT2D eigenvalue weighted by atomic mass is 19.1. The minimum atomic E-state index is -0.924. The maximum atomic E-state index is 13.6. The van der Waals surface area contributed by atoms with E-state index in [0.29, 0.717) is 5.56 Å². The lowest BCUT2D eigenvalue weighted by Crippen LogP contribution is -2.29. The van der Waals surface area contributed by atoms with E-state index in [1.165, 1.54) is 75.5 Å². The van der Waals surface area contributed by atoms with E-state index in [2.05, 4.69) is 19.1 Å². The van der Waals surface area contributed by atoms with Gasteiger partial charge < -0.3 is 5.11 Å². The number of hydrogen-bond donors (Lipinski definition) is 1. The van der Waals surface area contributed by atoms with E-state index < -0.39 is 17.4 Å². The monoisotopic (exact) mass is 358 g/mol. The quantitative estimate of drug-likeness (QED) is 0.545. The van der Waals surface area contributed by atoms with Gasteiger partial charge >= 0.3 is 0 Å². The highest BCUT2D eigenvalue weighted by Gasteiger charge is 2.33. The van der Waals surface area contributed by atoms with Crippen LogP contribution in [-0.4, -0.2) is 5.11 Å². The third kappa shape index (κ3) is 3.92. The molecule has 1 aliphatic carbocycles. The SMILES string of the molecule is CCCCCC1(c2ccc(-c3cc(F)c(O)c(F)c3)cc2)CCCCC1. The smallest absolute Gasteiger partial charge is 0.187 e. The average molecular weight is 358 g/mol. The molecule has 0 unspecified atom stereocenters. The van der Waals surface area contributed by atoms with Crippen LogP contribution in [0.2, 0.25) is 0 Å². The predicted molar refractivity (Wildman–Crippen MR) is 102 cm³/mol. The van der Waals surface area contributed by atoms with Crippen molar-refractivity contribution in [2.45, 2.75) is 70.1 Å². The van der Waals surface area contributed by atoms with E-state index in [9.17, 15) is 13.9 Å². The summed E-state index contributed by atoms with van der Waals surface area (Å²) < 4.78 is 27.3. The average Bonchev–Trinajstić information content (AvgIpc) is 2.67. The van der Waals surface area contributed by atoms with Gasteiger partial charge in [0.15, 0.2) is 17.4 Å². The van der Waals surface area contributed by atoms with Crippen LogP contribution < -0.4 is 0 Å². The summed E-state index contributed by atoms with van der Waals surface area (Å²) in [5, 5.41) is 9.28. The van der Waals surface area contributed by atoms with Crippen LogP contribution in [0.15, 0.2) is 36.4 Å². The van der Waals surface area contributed by atoms with Crippen molar-refractivity contribution in [2.24, 2.45) is 0 Å². The molecule has 1 aliphatic rings. The molecule has 1 nitrogen and oxygen atoms in total. The molecule has 0 aromatic heterocycles. The second kappa shape index (κ2) is 8.20. The Hall–Kier alpha value is -1.90. The van der Waals surface area contributed by atoms with Gasteiger partial charge in [-0.2, -0.15) is 0 Å². The first kappa shape index (κ1) is 18.9. The van der Waals surface area contributed by atoms with Gasteiger partial charge in [0, 0.05) is 0 Å². The zero-order valence-corrected chi connectivity index (χ0v) is 15.5. The molecular formula is C23H28F2O. The van der Waals surface area contributed by atoms with Gasteiger partial charge in [0.2, 0.25) is 0 Å². The molecule has 140 valence electrons. The number of phenols is 1. The van der Waals surface area contributed by atoms with E-state index >= 15 is 0 Å². The first-order valence-corrected chi connectivity index (χ1v) is 9.85. The van der Waals surface area contributed by atoms with Gasteiger partial charge in [0.05, 0.1) is 0 Å². The summed E-state index contributed by atoms with van der Waals surface area (Å²) in [6, 6.07) is 10.5. The summed E-state index contributed by atoms with van der Waals surface area (Å²) >= 11 is 0. The molecule has 2 aromatic carbocycles. The summed E-state index contributed by atoms with van der Waals surface area (Å²) in [6.45, 7) is 2.23. The lowest BCUT2D eigenvalue weighted by Gasteiger charge is -2.38. The normalized spacial score (nSPS) is 16.6. The Morgan fingerprint density at radius 2 is 1.50 bits per heavy atom. The molecule has 0 atom stereocenters. The number of rotatable bonds is 6. The molecule has 1 fully saturated rings. The molecule has 0 amide bonds. The predicted octanol–water partition coefficient (Wildman–Crippen LogP) is 7.12. The Morgan fingerprint density at radius 1 is 0.885 bits per heavy atom. The van der Waals surface area contributed by atoms with Crippen molar-refractivity contribution < 1.29 is 13.9 Å². The molecule has 0 heterocycles. The van der Waals surface area contributed by atoms with E-state index in [1.807, 2.05) is 12.1 Å². The third-order valence-corrected chi connectivity index (χ3v) is 5.92. The minimum absolute atomic E-state index is 0.261. The molecule has 3 rings (SSSR count). The fourth-order valence-electron chi connectivity index (χ4n) is 4.37. The fourth-order valence-corrected chi connectivity index (χ4v) is 4.37. The maximum absolute atomic E-state index is 13.6. The molecule has 0 aliphatic heterocycles. The molecular weight excluding hydrogens is 330 g/mol. The van der Waals surface area contributed by atoms with Crippen molar-refractivity contribution in [1.29, 1.82) is 0 Å². The molecule has 26 heavy (non-hydrogen) atoms. The topological polar surface area (TPSA) is 20.2 Å². The molecule has 0 spiro atoms. The van der Waals surface area contributed by atoms with E-state index in [4.69, 9.17) is 0 Å². The van der Waals surface area contributed by atoms with Crippen molar-refractivity contribution in [3.05, 3.63) is 53.6 Å². The van der Waals surface area contributed by atoms with Gasteiger partial charge in [-0.3, -0.25) is 0 Å². The van der Waals surface area contributed by atoms with Crippen molar-refractivity contribution in [3.63, 3.8) is 0 Å². The van der Waals surface area contributed by atoms with Gasteiger partial charge in [-0.15, -0.1) is 0 Å². The number of hydrogen-bond acceptors (Lipinski definition) is 1. The van der Waals surface area contributed by atoms with Crippen LogP contribution in [0.1, 0.15) is 70.3 Å². The van der Waals surface area contributed by atoms with Crippen LogP contribution >= 0.6 is 0 Å². The highest BCUT2D eigenvalue weighted by molar-refractivity contribution is 5.65. The van der Waals surface area contributed by atoms with Crippen LogP contribution in [0.5, 0.6) is 5.75 Å². The largest absolute Gasteiger partial charge is 0.503 e. The van der Waals surface area contributed by atoms with E-state index in [1.54, 1.807) is 0 Å². The Labute approximate surface area is 155 Å². The minimum Gasteiger partial charge on any atom is -0.503 e. The molecule has 0 saturated heterocycles. The van der Waals surface area contributed by atoms with Crippen LogP contribution in [0.25, 0.3) is 11.1 Å². The summed E-state index contributed by atoms with van der Waals surface area (Å²) in [5.74, 6) is -2.76. The van der Waals surface area contributed by atoms with Gasteiger partial charge in [-0.05, 0) is 53.5 Å². The lowest BCUT2D eigenvalue weighted by atomic mass is 9.66. The summed E-state index contributed by atoms with van der Waals surface area (Å²) in [4.78, 5) is 0. The number of aromatic hydroxyl groups is 1. The summed E-state index contributed by atoms with van der Waals surface area (Å²) in [5.41, 5.74) is 2.84. The van der Waals surface area contributed by atoms with Crippen molar-refractivity contribution in [3.8, 4) is 16.9 Å². The van der Waals surface area contributed by atoms with Crippen LogP contribution in [0, 0.1) is 11.6 Å². The van der Waals surface area contributed by atoms with Crippen LogP contribution in [0.3, 0.4) is 0 Å². The lowest BCUT2D eigenvalue weighted by molar-refractivity contribution is 0.266. The summed E-state index contributed by atoms with van der Waals surface area (Å²) in [6.07, 6.45) is 11.3. The highest BCUT2D eigenvalue weighted by Crippen LogP contribution is 2.44. The van der Waals surface area contributed by atoms with Crippen LogP contribution in [0.4, 0.5) is 8.78 Å². The Bertz CT molecular complexity index is 707. The standard InChI is InChI=1S/C23H28F2O/c1-2-3-5-12-23(13-6-4-7-14-23)19-10-8-17(9-11-19)18-15-20(24)22(26)21(25)16-18/h8-11,15-16,26H,2-7,12-14H2,1H3. The Kier molecular flexibility index (Phi) is 5.95. The molecule has 1 saturated carbocycles. The zero-order chi connectivity index (χ0) is 18.6. The third-order valence-electron chi connectivity index (χ3n) is 5.92.